The maximum absolute atomic E-state index is 12.3. The molecule has 1 fully saturated rings. The molecule has 27 heavy (non-hydrogen) atoms. The van der Waals surface area contributed by atoms with Crippen LogP contribution in [0.5, 0.6) is 0 Å². The summed E-state index contributed by atoms with van der Waals surface area (Å²) in [5.74, 6) is 0.00892. The van der Waals surface area contributed by atoms with Crippen molar-refractivity contribution in [3.63, 3.8) is 0 Å². The molecule has 1 atom stereocenters. The molecule has 6 nitrogen and oxygen atoms in total. The van der Waals surface area contributed by atoms with Crippen molar-refractivity contribution in [1.29, 1.82) is 0 Å². The minimum atomic E-state index is -0.0600. The van der Waals surface area contributed by atoms with Crippen LogP contribution in [0.2, 0.25) is 0 Å². The average Bonchev–Trinajstić information content (AvgIpc) is 3.23. The standard InChI is InChI=1S/C20H24N4O2S/c1-15-14-27-20-22-17(12-24(15)20)10-21-19(25)9-18-13-23(7-8-26-18)11-16-5-3-2-4-6-16/h2-6,12,14,18H,7-11,13H2,1H3,(H,21,25). The molecule has 2 aromatic heterocycles. The van der Waals surface area contributed by atoms with Gasteiger partial charge in [0.05, 0.1) is 31.4 Å². The lowest BCUT2D eigenvalue weighted by molar-refractivity contribution is -0.126. The molecular formula is C20H24N4O2S. The maximum Gasteiger partial charge on any atom is 0.222 e. The van der Waals surface area contributed by atoms with Gasteiger partial charge in [-0.25, -0.2) is 4.98 Å². The number of morpholine rings is 1. The Labute approximate surface area is 162 Å². The van der Waals surface area contributed by atoms with Gasteiger partial charge in [-0.15, -0.1) is 11.3 Å². The zero-order chi connectivity index (χ0) is 18.6. The Morgan fingerprint density at radius 3 is 3.04 bits per heavy atom. The van der Waals surface area contributed by atoms with E-state index in [4.69, 9.17) is 4.74 Å². The van der Waals surface area contributed by atoms with E-state index in [1.165, 1.54) is 5.56 Å². The first-order chi connectivity index (χ1) is 13.2. The van der Waals surface area contributed by atoms with Crippen LogP contribution in [0.25, 0.3) is 4.96 Å². The average molecular weight is 385 g/mol. The molecular weight excluding hydrogens is 360 g/mol. The number of rotatable bonds is 6. The molecule has 0 radical (unpaired) electrons. The lowest BCUT2D eigenvalue weighted by Crippen LogP contribution is -2.44. The number of hydrogen-bond donors (Lipinski definition) is 1. The van der Waals surface area contributed by atoms with Gasteiger partial charge >= 0.3 is 0 Å². The number of carbonyl (C=O) groups is 1. The molecule has 0 bridgehead atoms. The third-order valence-electron chi connectivity index (χ3n) is 4.79. The van der Waals surface area contributed by atoms with Crippen molar-refractivity contribution in [2.75, 3.05) is 19.7 Å². The SMILES string of the molecule is Cc1csc2nc(CNC(=O)CC3CN(Cc4ccccc4)CCO3)cn12. The first-order valence-electron chi connectivity index (χ1n) is 9.24. The predicted molar refractivity (Wildman–Crippen MR) is 106 cm³/mol. The normalized spacial score (nSPS) is 18.0. The minimum Gasteiger partial charge on any atom is -0.375 e. The number of carbonyl (C=O) groups excluding carboxylic acids is 1. The second kappa shape index (κ2) is 8.21. The summed E-state index contributed by atoms with van der Waals surface area (Å²) in [5, 5.41) is 5.05. The van der Waals surface area contributed by atoms with Gasteiger partial charge in [-0.1, -0.05) is 30.3 Å². The zero-order valence-corrected chi connectivity index (χ0v) is 16.2. The molecule has 1 amide bonds. The maximum atomic E-state index is 12.3. The van der Waals surface area contributed by atoms with E-state index < -0.39 is 0 Å². The summed E-state index contributed by atoms with van der Waals surface area (Å²) in [6.45, 7) is 5.75. The predicted octanol–water partition coefficient (Wildman–Crippen LogP) is 2.61. The summed E-state index contributed by atoms with van der Waals surface area (Å²) < 4.78 is 7.85. The summed E-state index contributed by atoms with van der Waals surface area (Å²) >= 11 is 1.61. The number of nitrogens with one attached hydrogen (secondary N) is 1. The van der Waals surface area contributed by atoms with E-state index in [0.717, 1.165) is 36.0 Å². The minimum absolute atomic E-state index is 0.00892. The Morgan fingerprint density at radius 1 is 1.37 bits per heavy atom. The lowest BCUT2D eigenvalue weighted by atomic mass is 10.1. The van der Waals surface area contributed by atoms with E-state index in [0.29, 0.717) is 19.6 Å². The number of thiazole rings is 1. The van der Waals surface area contributed by atoms with Gasteiger partial charge in [-0.2, -0.15) is 0 Å². The summed E-state index contributed by atoms with van der Waals surface area (Å²) in [5.41, 5.74) is 3.33. The van der Waals surface area contributed by atoms with Crippen molar-refractivity contribution in [3.05, 3.63) is 58.9 Å². The highest BCUT2D eigenvalue weighted by Gasteiger charge is 2.23. The molecule has 1 N–H and O–H groups in total. The Kier molecular flexibility index (Phi) is 5.52. The van der Waals surface area contributed by atoms with Crippen LogP contribution in [0, 0.1) is 6.92 Å². The molecule has 142 valence electrons. The van der Waals surface area contributed by atoms with Crippen LogP contribution < -0.4 is 5.32 Å². The van der Waals surface area contributed by atoms with Crippen molar-refractivity contribution in [3.8, 4) is 0 Å². The van der Waals surface area contributed by atoms with Gasteiger partial charge in [-0.3, -0.25) is 14.1 Å². The molecule has 4 rings (SSSR count). The van der Waals surface area contributed by atoms with E-state index in [-0.39, 0.29) is 12.0 Å². The number of fused-ring (bicyclic) bond motifs is 1. The highest BCUT2D eigenvalue weighted by atomic mass is 32.1. The number of imidazole rings is 1. The van der Waals surface area contributed by atoms with Gasteiger partial charge in [0.25, 0.3) is 0 Å². The Balaban J connectivity index is 1.26. The molecule has 0 aliphatic carbocycles. The number of benzene rings is 1. The number of aryl methyl sites for hydroxylation is 1. The van der Waals surface area contributed by atoms with Crippen LogP contribution >= 0.6 is 11.3 Å². The van der Waals surface area contributed by atoms with Crippen LogP contribution in [-0.4, -0.2) is 46.0 Å². The van der Waals surface area contributed by atoms with Gasteiger partial charge in [0.2, 0.25) is 5.91 Å². The Morgan fingerprint density at radius 2 is 2.22 bits per heavy atom. The molecule has 0 spiro atoms. The van der Waals surface area contributed by atoms with Gasteiger partial charge < -0.3 is 10.1 Å². The van der Waals surface area contributed by atoms with E-state index >= 15 is 0 Å². The van der Waals surface area contributed by atoms with Crippen molar-refractivity contribution in [2.24, 2.45) is 0 Å². The first-order valence-corrected chi connectivity index (χ1v) is 10.1. The second-order valence-corrected chi connectivity index (χ2v) is 7.79. The van der Waals surface area contributed by atoms with Crippen LogP contribution in [0.4, 0.5) is 0 Å². The van der Waals surface area contributed by atoms with Crippen molar-refractivity contribution in [1.82, 2.24) is 19.6 Å². The molecule has 7 heteroatoms. The van der Waals surface area contributed by atoms with E-state index in [1.807, 2.05) is 12.3 Å². The molecule has 3 aromatic rings. The molecule has 1 aromatic carbocycles. The fourth-order valence-corrected chi connectivity index (χ4v) is 4.25. The quantitative estimate of drug-likeness (QED) is 0.710. The smallest absolute Gasteiger partial charge is 0.222 e. The first kappa shape index (κ1) is 18.2. The van der Waals surface area contributed by atoms with Crippen LogP contribution in [0.1, 0.15) is 23.4 Å². The largest absolute Gasteiger partial charge is 0.375 e. The monoisotopic (exact) mass is 384 g/mol. The topological polar surface area (TPSA) is 58.9 Å². The number of ether oxygens (including phenoxy) is 1. The van der Waals surface area contributed by atoms with Crippen molar-refractivity contribution >= 4 is 22.2 Å². The fourth-order valence-electron chi connectivity index (χ4n) is 3.38. The van der Waals surface area contributed by atoms with Crippen LogP contribution in [-0.2, 0) is 22.6 Å². The number of aromatic nitrogens is 2. The van der Waals surface area contributed by atoms with E-state index in [2.05, 4.69) is 56.2 Å². The third kappa shape index (κ3) is 4.55. The third-order valence-corrected chi connectivity index (χ3v) is 5.75. The van der Waals surface area contributed by atoms with Crippen molar-refractivity contribution in [2.45, 2.75) is 32.5 Å². The highest BCUT2D eigenvalue weighted by Crippen LogP contribution is 2.16. The van der Waals surface area contributed by atoms with Crippen molar-refractivity contribution < 1.29 is 9.53 Å². The molecule has 1 aliphatic rings. The molecule has 1 saturated heterocycles. The van der Waals surface area contributed by atoms with Crippen LogP contribution in [0.15, 0.2) is 41.9 Å². The van der Waals surface area contributed by atoms with Gasteiger partial charge in [-0.05, 0) is 12.5 Å². The number of hydrogen-bond acceptors (Lipinski definition) is 5. The Bertz CT molecular complexity index is 905. The molecule has 1 aliphatic heterocycles. The number of nitrogens with zero attached hydrogens (tertiary/aromatic N) is 3. The summed E-state index contributed by atoms with van der Waals surface area (Å²) in [4.78, 5) is 20.2. The second-order valence-electron chi connectivity index (χ2n) is 6.96. The van der Waals surface area contributed by atoms with E-state index in [9.17, 15) is 4.79 Å². The summed E-state index contributed by atoms with van der Waals surface area (Å²) in [6.07, 6.45) is 2.31. The molecule has 1 unspecified atom stereocenters. The summed E-state index contributed by atoms with van der Waals surface area (Å²) in [6, 6.07) is 10.4. The molecule has 3 heterocycles. The van der Waals surface area contributed by atoms with E-state index in [1.54, 1.807) is 11.3 Å². The fraction of sp³-hybridized carbons (Fsp3) is 0.400. The summed E-state index contributed by atoms with van der Waals surface area (Å²) in [7, 11) is 0. The van der Waals surface area contributed by atoms with Crippen LogP contribution in [0.3, 0.4) is 0 Å². The zero-order valence-electron chi connectivity index (χ0n) is 15.4. The lowest BCUT2D eigenvalue weighted by Gasteiger charge is -2.32. The number of amides is 1. The van der Waals surface area contributed by atoms with Gasteiger partial charge in [0.1, 0.15) is 0 Å². The van der Waals surface area contributed by atoms with Gasteiger partial charge in [0, 0.05) is 36.9 Å². The Hall–Kier alpha value is -2.22. The highest BCUT2D eigenvalue weighted by molar-refractivity contribution is 7.15. The molecule has 0 saturated carbocycles. The van der Waals surface area contributed by atoms with Gasteiger partial charge in [0.15, 0.2) is 4.96 Å².